The lowest BCUT2D eigenvalue weighted by Crippen LogP contribution is -2.47. The summed E-state index contributed by atoms with van der Waals surface area (Å²) in [6.07, 6.45) is 4.02. The summed E-state index contributed by atoms with van der Waals surface area (Å²) >= 11 is 3.18. The standard InChI is InChI=1S/C19H22N2O2S2/c22-18(21(15-7-8-15)13-16-5-2-10-24-16)14-4-1-9-20(12-14)19(23)17-6-3-11-25-17/h2-3,5-6,10-11,14-15H,1,4,7-9,12-13H2. The van der Waals surface area contributed by atoms with E-state index in [2.05, 4.69) is 16.3 Å². The number of likely N-dealkylation sites (tertiary alicyclic amines) is 1. The first-order valence-corrected chi connectivity index (χ1v) is 10.6. The van der Waals surface area contributed by atoms with E-state index in [1.54, 1.807) is 11.3 Å². The zero-order valence-corrected chi connectivity index (χ0v) is 15.7. The highest BCUT2D eigenvalue weighted by atomic mass is 32.1. The Balaban J connectivity index is 1.44. The first kappa shape index (κ1) is 16.8. The SMILES string of the molecule is O=C(c1cccs1)N1CCCC(C(=O)N(Cc2cccs2)C2CC2)C1. The van der Waals surface area contributed by atoms with Crippen LogP contribution in [0.4, 0.5) is 0 Å². The van der Waals surface area contributed by atoms with Crippen molar-refractivity contribution in [2.75, 3.05) is 13.1 Å². The molecule has 2 fully saturated rings. The van der Waals surface area contributed by atoms with E-state index in [-0.39, 0.29) is 17.7 Å². The molecule has 132 valence electrons. The number of amides is 2. The van der Waals surface area contributed by atoms with E-state index in [9.17, 15) is 9.59 Å². The van der Waals surface area contributed by atoms with Crippen LogP contribution in [0.3, 0.4) is 0 Å². The molecule has 1 atom stereocenters. The molecule has 4 nitrogen and oxygen atoms in total. The number of hydrogen-bond donors (Lipinski definition) is 0. The Morgan fingerprint density at radius 1 is 1.12 bits per heavy atom. The third-order valence-corrected chi connectivity index (χ3v) is 6.69. The fourth-order valence-corrected chi connectivity index (χ4v) is 4.89. The van der Waals surface area contributed by atoms with Crippen LogP contribution in [-0.4, -0.2) is 40.7 Å². The summed E-state index contributed by atoms with van der Waals surface area (Å²) in [5.74, 6) is 0.251. The van der Waals surface area contributed by atoms with Crippen LogP contribution in [0.5, 0.6) is 0 Å². The van der Waals surface area contributed by atoms with E-state index in [4.69, 9.17) is 0 Å². The van der Waals surface area contributed by atoms with Gasteiger partial charge in [-0.25, -0.2) is 0 Å². The maximum absolute atomic E-state index is 13.2. The van der Waals surface area contributed by atoms with E-state index in [0.29, 0.717) is 12.6 Å². The van der Waals surface area contributed by atoms with Gasteiger partial charge in [-0.15, -0.1) is 22.7 Å². The van der Waals surface area contributed by atoms with Crippen LogP contribution in [0.25, 0.3) is 0 Å². The molecule has 1 aliphatic heterocycles. The van der Waals surface area contributed by atoms with Crippen LogP contribution in [0, 0.1) is 5.92 Å². The van der Waals surface area contributed by atoms with Crippen molar-refractivity contribution in [3.05, 3.63) is 44.8 Å². The predicted octanol–water partition coefficient (Wildman–Crippen LogP) is 3.85. The summed E-state index contributed by atoms with van der Waals surface area (Å²) in [5, 5.41) is 3.99. The zero-order chi connectivity index (χ0) is 17.2. The van der Waals surface area contributed by atoms with Crippen LogP contribution in [0.15, 0.2) is 35.0 Å². The maximum Gasteiger partial charge on any atom is 0.263 e. The van der Waals surface area contributed by atoms with Crippen molar-refractivity contribution < 1.29 is 9.59 Å². The van der Waals surface area contributed by atoms with Crippen molar-refractivity contribution in [1.29, 1.82) is 0 Å². The molecule has 0 aromatic carbocycles. The van der Waals surface area contributed by atoms with Crippen LogP contribution in [-0.2, 0) is 11.3 Å². The topological polar surface area (TPSA) is 40.6 Å². The van der Waals surface area contributed by atoms with Crippen LogP contribution in [0.1, 0.15) is 40.2 Å². The second-order valence-electron chi connectivity index (χ2n) is 6.84. The third kappa shape index (κ3) is 3.80. The summed E-state index contributed by atoms with van der Waals surface area (Å²) in [6.45, 7) is 2.04. The lowest BCUT2D eigenvalue weighted by atomic mass is 9.96. The average molecular weight is 375 g/mol. The second-order valence-corrected chi connectivity index (χ2v) is 8.82. The monoisotopic (exact) mass is 374 g/mol. The fourth-order valence-electron chi connectivity index (χ4n) is 3.50. The van der Waals surface area contributed by atoms with Gasteiger partial charge in [0.15, 0.2) is 0 Å². The fraction of sp³-hybridized carbons (Fsp3) is 0.474. The highest BCUT2D eigenvalue weighted by molar-refractivity contribution is 7.12. The molecule has 0 bridgehead atoms. The zero-order valence-electron chi connectivity index (χ0n) is 14.1. The van der Waals surface area contributed by atoms with E-state index < -0.39 is 0 Å². The van der Waals surface area contributed by atoms with Gasteiger partial charge in [0.05, 0.1) is 17.3 Å². The lowest BCUT2D eigenvalue weighted by Gasteiger charge is -2.35. The van der Waals surface area contributed by atoms with Gasteiger partial charge in [0.2, 0.25) is 5.91 Å². The van der Waals surface area contributed by atoms with E-state index in [1.165, 1.54) is 16.2 Å². The molecule has 1 aliphatic carbocycles. The minimum Gasteiger partial charge on any atom is -0.337 e. The molecule has 6 heteroatoms. The summed E-state index contributed by atoms with van der Waals surface area (Å²) in [4.78, 5) is 31.7. The number of piperidine rings is 1. The molecular weight excluding hydrogens is 352 g/mol. The van der Waals surface area contributed by atoms with Gasteiger partial charge in [-0.2, -0.15) is 0 Å². The molecule has 2 aromatic rings. The van der Waals surface area contributed by atoms with E-state index in [1.807, 2.05) is 28.5 Å². The molecule has 2 amide bonds. The number of nitrogens with zero attached hydrogens (tertiary/aromatic N) is 2. The molecule has 25 heavy (non-hydrogen) atoms. The van der Waals surface area contributed by atoms with Crippen LogP contribution >= 0.6 is 22.7 Å². The third-order valence-electron chi connectivity index (χ3n) is 4.97. The minimum atomic E-state index is -0.0572. The van der Waals surface area contributed by atoms with Crippen molar-refractivity contribution >= 4 is 34.5 Å². The normalized spacial score (nSPS) is 20.5. The minimum absolute atomic E-state index is 0.0572. The molecule has 1 unspecified atom stereocenters. The van der Waals surface area contributed by atoms with Crippen LogP contribution < -0.4 is 0 Å². The molecule has 0 radical (unpaired) electrons. The molecular formula is C19H22N2O2S2. The Bertz CT molecular complexity index is 723. The Labute approximate surface area is 156 Å². The predicted molar refractivity (Wildman–Crippen MR) is 101 cm³/mol. The van der Waals surface area contributed by atoms with Gasteiger partial charge in [-0.3, -0.25) is 9.59 Å². The number of carbonyl (C=O) groups is 2. The summed E-state index contributed by atoms with van der Waals surface area (Å²) < 4.78 is 0. The second kappa shape index (κ2) is 7.30. The Hall–Kier alpha value is -1.66. The number of rotatable bonds is 5. The number of hydrogen-bond acceptors (Lipinski definition) is 4. The van der Waals surface area contributed by atoms with Crippen molar-refractivity contribution in [3.8, 4) is 0 Å². The number of carbonyl (C=O) groups excluding carboxylic acids is 2. The van der Waals surface area contributed by atoms with Gasteiger partial charge in [0.1, 0.15) is 0 Å². The summed E-state index contributed by atoms with van der Waals surface area (Å²) in [7, 11) is 0. The first-order chi connectivity index (χ1) is 12.2. The number of thiophene rings is 2. The Kier molecular flexibility index (Phi) is 4.90. The molecule has 2 aliphatic rings. The van der Waals surface area contributed by atoms with Gasteiger partial charge in [-0.1, -0.05) is 12.1 Å². The van der Waals surface area contributed by atoms with Crippen molar-refractivity contribution in [3.63, 3.8) is 0 Å². The Morgan fingerprint density at radius 3 is 2.60 bits per heavy atom. The van der Waals surface area contributed by atoms with E-state index >= 15 is 0 Å². The van der Waals surface area contributed by atoms with Crippen molar-refractivity contribution in [1.82, 2.24) is 9.80 Å². The molecule has 0 N–H and O–H groups in total. The molecule has 4 rings (SSSR count). The van der Waals surface area contributed by atoms with Crippen molar-refractivity contribution in [2.24, 2.45) is 5.92 Å². The average Bonchev–Trinajstić information content (AvgIpc) is 3.12. The highest BCUT2D eigenvalue weighted by Gasteiger charge is 2.38. The smallest absolute Gasteiger partial charge is 0.263 e. The Morgan fingerprint density at radius 2 is 1.92 bits per heavy atom. The highest BCUT2D eigenvalue weighted by Crippen LogP contribution is 2.32. The van der Waals surface area contributed by atoms with Gasteiger partial charge >= 0.3 is 0 Å². The molecule has 0 spiro atoms. The first-order valence-electron chi connectivity index (χ1n) is 8.88. The lowest BCUT2D eigenvalue weighted by molar-refractivity contribution is -0.138. The quantitative estimate of drug-likeness (QED) is 0.797. The molecule has 2 aromatic heterocycles. The summed E-state index contributed by atoms with van der Waals surface area (Å²) in [5.41, 5.74) is 0. The van der Waals surface area contributed by atoms with Gasteiger partial charge in [0, 0.05) is 24.0 Å². The molecule has 3 heterocycles. The maximum atomic E-state index is 13.2. The van der Waals surface area contributed by atoms with Gasteiger partial charge in [-0.05, 0) is 48.6 Å². The van der Waals surface area contributed by atoms with Gasteiger partial charge in [0.25, 0.3) is 5.91 Å². The largest absolute Gasteiger partial charge is 0.337 e. The summed E-state index contributed by atoms with van der Waals surface area (Å²) in [6, 6.07) is 8.31. The molecule has 1 saturated carbocycles. The van der Waals surface area contributed by atoms with E-state index in [0.717, 1.165) is 43.6 Å². The van der Waals surface area contributed by atoms with Gasteiger partial charge < -0.3 is 9.80 Å². The van der Waals surface area contributed by atoms with Crippen molar-refractivity contribution in [2.45, 2.75) is 38.3 Å². The molecule has 1 saturated heterocycles. The van der Waals surface area contributed by atoms with Crippen LogP contribution in [0.2, 0.25) is 0 Å².